The molecule has 1 aromatic rings. The number of nitrogens with one attached hydrogen (secondary N) is 1. The molecular formula is C13H16BNO7S. The van der Waals surface area contributed by atoms with Crippen molar-refractivity contribution in [3.63, 3.8) is 0 Å². The summed E-state index contributed by atoms with van der Waals surface area (Å²) < 4.78 is 5.16. The van der Waals surface area contributed by atoms with E-state index in [-0.39, 0.29) is 6.42 Å². The van der Waals surface area contributed by atoms with Gasteiger partial charge in [0.05, 0.1) is 18.5 Å². The Morgan fingerprint density at radius 3 is 2.65 bits per heavy atom. The van der Waals surface area contributed by atoms with Crippen LogP contribution in [0.25, 0.3) is 0 Å². The van der Waals surface area contributed by atoms with Gasteiger partial charge in [-0.05, 0) is 35.2 Å². The molecule has 124 valence electrons. The Bertz CT molecular complexity index is 579. The molecule has 10 heteroatoms. The van der Waals surface area contributed by atoms with Gasteiger partial charge in [0, 0.05) is 0 Å². The van der Waals surface area contributed by atoms with Gasteiger partial charge in [0.25, 0.3) is 0 Å². The minimum absolute atomic E-state index is 0.232. The van der Waals surface area contributed by atoms with E-state index in [0.717, 1.165) is 0 Å². The van der Waals surface area contributed by atoms with Crippen LogP contribution in [0.3, 0.4) is 0 Å². The van der Waals surface area contributed by atoms with Crippen molar-refractivity contribution in [2.75, 3.05) is 0 Å². The molecule has 3 unspecified atom stereocenters. The third kappa shape index (κ3) is 4.53. The first-order valence-electron chi connectivity index (χ1n) is 6.99. The summed E-state index contributed by atoms with van der Waals surface area (Å²) in [5.41, 5.74) is 0.370. The zero-order valence-corrected chi connectivity index (χ0v) is 12.9. The Morgan fingerprint density at radius 2 is 2.13 bits per heavy atom. The van der Waals surface area contributed by atoms with Crippen LogP contribution in [0.4, 0.5) is 0 Å². The van der Waals surface area contributed by atoms with Crippen molar-refractivity contribution in [3.8, 4) is 0 Å². The topological polar surface area (TPSA) is 133 Å². The summed E-state index contributed by atoms with van der Waals surface area (Å²) in [6, 6.07) is 1.56. The molecule has 1 aliphatic rings. The Hall–Kier alpha value is -1.91. The van der Waals surface area contributed by atoms with Gasteiger partial charge in [0.1, 0.15) is 0 Å². The first-order valence-corrected chi connectivity index (χ1v) is 7.93. The number of carboxylic acids is 2. The highest BCUT2D eigenvalue weighted by molar-refractivity contribution is 7.08. The molecule has 1 fully saturated rings. The smallest absolute Gasteiger partial charge is 0.478 e. The second-order valence-corrected chi connectivity index (χ2v) is 6.05. The van der Waals surface area contributed by atoms with Gasteiger partial charge in [-0.1, -0.05) is 0 Å². The van der Waals surface area contributed by atoms with Crippen LogP contribution in [-0.4, -0.2) is 52.2 Å². The molecule has 2 rings (SSSR count). The number of hydrogen-bond donors (Lipinski definition) is 4. The molecule has 0 radical (unpaired) electrons. The van der Waals surface area contributed by atoms with Gasteiger partial charge in [-0.15, -0.1) is 0 Å². The maximum Gasteiger partial charge on any atom is 0.478 e. The summed E-state index contributed by atoms with van der Waals surface area (Å²) in [6.07, 6.45) is -0.196. The summed E-state index contributed by atoms with van der Waals surface area (Å²) in [4.78, 5) is 34.2. The van der Waals surface area contributed by atoms with Crippen molar-refractivity contribution in [1.82, 2.24) is 5.32 Å². The molecule has 0 aromatic carbocycles. The lowest BCUT2D eigenvalue weighted by molar-refractivity contribution is -0.144. The lowest BCUT2D eigenvalue weighted by Crippen LogP contribution is -2.54. The summed E-state index contributed by atoms with van der Waals surface area (Å²) >= 11 is 1.28. The number of carbonyl (C=O) groups is 3. The molecule has 1 amide bonds. The van der Waals surface area contributed by atoms with E-state index >= 15 is 0 Å². The lowest BCUT2D eigenvalue weighted by Gasteiger charge is -2.31. The van der Waals surface area contributed by atoms with E-state index in [2.05, 4.69) is 5.32 Å². The molecule has 0 bridgehead atoms. The van der Waals surface area contributed by atoms with E-state index in [1.165, 1.54) is 11.3 Å². The average Bonchev–Trinajstić information content (AvgIpc) is 2.94. The van der Waals surface area contributed by atoms with Crippen LogP contribution in [-0.2, 0) is 19.0 Å². The van der Waals surface area contributed by atoms with E-state index in [1.54, 1.807) is 16.8 Å². The van der Waals surface area contributed by atoms with E-state index in [0.29, 0.717) is 18.4 Å². The predicted octanol–water partition coefficient (Wildman–Crippen LogP) is 0.0745. The number of rotatable bonds is 6. The van der Waals surface area contributed by atoms with Crippen molar-refractivity contribution in [3.05, 3.63) is 22.4 Å². The van der Waals surface area contributed by atoms with Gasteiger partial charge < -0.3 is 25.2 Å². The van der Waals surface area contributed by atoms with Crippen LogP contribution in [0.1, 0.15) is 30.7 Å². The highest BCUT2D eigenvalue weighted by atomic mass is 32.1. The molecule has 1 saturated heterocycles. The zero-order valence-electron chi connectivity index (χ0n) is 12.0. The Morgan fingerprint density at radius 1 is 1.39 bits per heavy atom. The third-order valence-corrected chi connectivity index (χ3v) is 4.29. The minimum atomic E-state index is -1.37. The van der Waals surface area contributed by atoms with Crippen LogP contribution in [0.15, 0.2) is 16.8 Å². The van der Waals surface area contributed by atoms with Crippen molar-refractivity contribution in [1.29, 1.82) is 0 Å². The number of amides is 1. The molecule has 23 heavy (non-hydrogen) atoms. The summed E-state index contributed by atoms with van der Waals surface area (Å²) in [7, 11) is -1.37. The summed E-state index contributed by atoms with van der Waals surface area (Å²) in [5.74, 6) is -5.18. The average molecular weight is 341 g/mol. The zero-order chi connectivity index (χ0) is 17.0. The van der Waals surface area contributed by atoms with Gasteiger partial charge >= 0.3 is 19.1 Å². The number of aliphatic carboxylic acids is 2. The molecule has 0 saturated carbocycles. The van der Waals surface area contributed by atoms with E-state index in [1.807, 2.05) is 0 Å². The lowest BCUT2D eigenvalue weighted by atomic mass is 9.72. The molecule has 1 aliphatic heterocycles. The molecule has 8 nitrogen and oxygen atoms in total. The van der Waals surface area contributed by atoms with Crippen molar-refractivity contribution in [2.45, 2.75) is 37.2 Å². The normalized spacial score (nSPS) is 22.4. The van der Waals surface area contributed by atoms with Crippen LogP contribution in [0.2, 0.25) is 0 Å². The molecular weight excluding hydrogens is 325 g/mol. The van der Waals surface area contributed by atoms with E-state index in [9.17, 15) is 24.5 Å². The van der Waals surface area contributed by atoms with Crippen molar-refractivity contribution >= 4 is 36.3 Å². The molecule has 1 aromatic heterocycles. The molecule has 2 heterocycles. The van der Waals surface area contributed by atoms with Crippen molar-refractivity contribution in [2.24, 2.45) is 0 Å². The maximum absolute atomic E-state index is 12.2. The SMILES string of the molecule is O=C(O)CC1CCC(NC(=O)C(C(=O)O)c2ccsc2)B(O)O1. The first-order chi connectivity index (χ1) is 10.9. The molecule has 4 N–H and O–H groups in total. The third-order valence-electron chi connectivity index (χ3n) is 3.59. The van der Waals surface area contributed by atoms with E-state index < -0.39 is 42.9 Å². The van der Waals surface area contributed by atoms with Gasteiger partial charge in [-0.25, -0.2) is 0 Å². The number of carboxylic acid groups (broad SMARTS) is 2. The Labute approximate surface area is 136 Å². The predicted molar refractivity (Wildman–Crippen MR) is 81.0 cm³/mol. The van der Waals surface area contributed by atoms with Gasteiger partial charge in [-0.3, -0.25) is 14.4 Å². The monoisotopic (exact) mass is 341 g/mol. The number of hydrogen-bond acceptors (Lipinski definition) is 6. The van der Waals surface area contributed by atoms with Crippen LogP contribution in [0.5, 0.6) is 0 Å². The van der Waals surface area contributed by atoms with Crippen molar-refractivity contribution < 1.29 is 34.3 Å². The highest BCUT2D eigenvalue weighted by Gasteiger charge is 2.39. The fourth-order valence-electron chi connectivity index (χ4n) is 2.47. The molecule has 0 spiro atoms. The van der Waals surface area contributed by atoms with Crippen LogP contribution >= 0.6 is 11.3 Å². The standard InChI is InChI=1S/C13H16BNO7S/c16-10(17)5-8-1-2-9(14(21)22-8)15-12(18)11(13(19)20)7-3-4-23-6-7/h3-4,6,8-9,11,21H,1-2,5H2,(H,15,18)(H,16,17)(H,19,20). The summed E-state index contributed by atoms with van der Waals surface area (Å²) in [6.45, 7) is 0. The largest absolute Gasteiger partial charge is 0.481 e. The van der Waals surface area contributed by atoms with Gasteiger partial charge in [0.2, 0.25) is 5.91 Å². The molecule has 3 atom stereocenters. The summed E-state index contributed by atoms with van der Waals surface area (Å²) in [5, 5.41) is 33.5. The second kappa shape index (κ2) is 7.58. The Balaban J connectivity index is 1.97. The maximum atomic E-state index is 12.2. The number of thiophene rings is 1. The second-order valence-electron chi connectivity index (χ2n) is 5.27. The molecule has 0 aliphatic carbocycles. The fourth-order valence-corrected chi connectivity index (χ4v) is 3.15. The van der Waals surface area contributed by atoms with Crippen LogP contribution in [0, 0.1) is 0 Å². The fraction of sp³-hybridized carbons (Fsp3) is 0.462. The quantitative estimate of drug-likeness (QED) is 0.425. The first kappa shape index (κ1) is 17.4. The van der Waals surface area contributed by atoms with Gasteiger partial charge in [-0.2, -0.15) is 11.3 Å². The van der Waals surface area contributed by atoms with Gasteiger partial charge in [0.15, 0.2) is 5.92 Å². The Kier molecular flexibility index (Phi) is 5.75. The van der Waals surface area contributed by atoms with Crippen LogP contribution < -0.4 is 5.32 Å². The number of carbonyl (C=O) groups excluding carboxylic acids is 1. The van der Waals surface area contributed by atoms with E-state index in [4.69, 9.17) is 9.76 Å². The minimum Gasteiger partial charge on any atom is -0.481 e. The highest BCUT2D eigenvalue weighted by Crippen LogP contribution is 2.22.